The van der Waals surface area contributed by atoms with E-state index in [1.807, 2.05) is 12.1 Å². The summed E-state index contributed by atoms with van der Waals surface area (Å²) in [6.45, 7) is 4.15. The van der Waals surface area contributed by atoms with Crippen LogP contribution in [0.15, 0.2) is 30.3 Å². The van der Waals surface area contributed by atoms with E-state index >= 15 is 0 Å². The molecule has 0 unspecified atom stereocenters. The summed E-state index contributed by atoms with van der Waals surface area (Å²) in [5.41, 5.74) is 3.74. The van der Waals surface area contributed by atoms with E-state index in [9.17, 15) is 15.3 Å². The lowest BCUT2D eigenvalue weighted by Gasteiger charge is -2.11. The number of hydrogen-bond donors (Lipinski definition) is 3. The van der Waals surface area contributed by atoms with Gasteiger partial charge in [0.1, 0.15) is 0 Å². The molecule has 3 N–H and O–H groups in total. The van der Waals surface area contributed by atoms with Gasteiger partial charge < -0.3 is 15.3 Å². The van der Waals surface area contributed by atoms with Crippen molar-refractivity contribution in [1.82, 2.24) is 0 Å². The lowest BCUT2D eigenvalue weighted by Crippen LogP contribution is -1.89. The van der Waals surface area contributed by atoms with Crippen LogP contribution in [0.1, 0.15) is 25.0 Å². The predicted molar refractivity (Wildman–Crippen MR) is 75.6 cm³/mol. The Morgan fingerprint density at radius 3 is 1.89 bits per heavy atom. The van der Waals surface area contributed by atoms with E-state index in [0.29, 0.717) is 5.56 Å². The van der Waals surface area contributed by atoms with Gasteiger partial charge in [0.25, 0.3) is 0 Å². The molecule has 0 aliphatic carbocycles. The molecule has 0 saturated carbocycles. The monoisotopic (exact) mass is 258 g/mol. The number of phenolic OH excluding ortho intramolecular Hbond substituents is 3. The van der Waals surface area contributed by atoms with Gasteiger partial charge in [-0.2, -0.15) is 0 Å². The van der Waals surface area contributed by atoms with E-state index in [1.54, 1.807) is 6.07 Å². The number of aromatic hydroxyl groups is 3. The topological polar surface area (TPSA) is 60.7 Å². The Hall–Kier alpha value is -2.16. The molecular formula is C16H18O3. The van der Waals surface area contributed by atoms with Crippen LogP contribution in [0.3, 0.4) is 0 Å². The summed E-state index contributed by atoms with van der Waals surface area (Å²) in [5, 5.41) is 28.9. The zero-order valence-corrected chi connectivity index (χ0v) is 11.1. The molecule has 0 fully saturated rings. The molecule has 2 aromatic rings. The first kappa shape index (κ1) is 13.3. The fourth-order valence-electron chi connectivity index (χ4n) is 2.13. The summed E-state index contributed by atoms with van der Waals surface area (Å²) in [7, 11) is 0. The molecule has 0 radical (unpaired) electrons. The summed E-state index contributed by atoms with van der Waals surface area (Å²) >= 11 is 0. The van der Waals surface area contributed by atoms with Crippen molar-refractivity contribution >= 4 is 0 Å². The summed E-state index contributed by atoms with van der Waals surface area (Å²) in [5.74, 6) is -1.07. The zero-order chi connectivity index (χ0) is 14.0. The van der Waals surface area contributed by atoms with Crippen molar-refractivity contribution in [3.8, 4) is 28.4 Å². The third-order valence-corrected chi connectivity index (χ3v) is 3.31. The molecule has 0 aliphatic rings. The van der Waals surface area contributed by atoms with Crippen LogP contribution in [0, 0.1) is 0 Å². The largest absolute Gasteiger partial charge is 0.504 e. The molecule has 3 nitrogen and oxygen atoms in total. The molecule has 3 heteroatoms. The van der Waals surface area contributed by atoms with Gasteiger partial charge in [-0.25, -0.2) is 0 Å². The van der Waals surface area contributed by atoms with Crippen molar-refractivity contribution in [2.75, 3.05) is 0 Å². The molecule has 0 bridgehead atoms. The van der Waals surface area contributed by atoms with E-state index in [2.05, 4.69) is 19.9 Å². The Morgan fingerprint density at radius 2 is 1.37 bits per heavy atom. The molecule has 0 spiro atoms. The minimum atomic E-state index is -0.475. The number of aryl methyl sites for hydroxylation is 2. The number of benzene rings is 2. The summed E-state index contributed by atoms with van der Waals surface area (Å²) < 4.78 is 0. The highest BCUT2D eigenvalue weighted by molar-refractivity contribution is 5.76. The highest BCUT2D eigenvalue weighted by Gasteiger charge is 2.13. The molecule has 100 valence electrons. The highest BCUT2D eigenvalue weighted by Crippen LogP contribution is 2.42. The van der Waals surface area contributed by atoms with E-state index in [4.69, 9.17) is 0 Å². The minimum absolute atomic E-state index is 0.282. The van der Waals surface area contributed by atoms with Crippen LogP contribution in [0.2, 0.25) is 0 Å². The summed E-state index contributed by atoms with van der Waals surface area (Å²) in [6, 6.07) is 9.11. The molecule has 0 atom stereocenters. The lowest BCUT2D eigenvalue weighted by atomic mass is 9.97. The van der Waals surface area contributed by atoms with Crippen LogP contribution in [-0.2, 0) is 12.8 Å². The maximum absolute atomic E-state index is 9.95. The van der Waals surface area contributed by atoms with Crippen LogP contribution in [0.5, 0.6) is 17.2 Å². The van der Waals surface area contributed by atoms with Crippen molar-refractivity contribution in [1.29, 1.82) is 0 Å². The van der Waals surface area contributed by atoms with E-state index in [0.717, 1.165) is 18.4 Å². The Labute approximate surface area is 112 Å². The third kappa shape index (κ3) is 2.50. The van der Waals surface area contributed by atoms with Gasteiger partial charge in [-0.3, -0.25) is 0 Å². The van der Waals surface area contributed by atoms with E-state index < -0.39 is 5.75 Å². The first-order valence-electron chi connectivity index (χ1n) is 6.43. The van der Waals surface area contributed by atoms with Gasteiger partial charge in [0.2, 0.25) is 5.75 Å². The fraction of sp³-hybridized carbons (Fsp3) is 0.250. The van der Waals surface area contributed by atoms with Crippen LogP contribution in [-0.4, -0.2) is 15.3 Å². The zero-order valence-electron chi connectivity index (χ0n) is 11.1. The van der Waals surface area contributed by atoms with Crippen molar-refractivity contribution < 1.29 is 15.3 Å². The van der Waals surface area contributed by atoms with Gasteiger partial charge in [0.15, 0.2) is 11.5 Å². The summed E-state index contributed by atoms with van der Waals surface area (Å²) in [6.07, 6.45) is 1.82. The van der Waals surface area contributed by atoms with Crippen molar-refractivity contribution in [3.63, 3.8) is 0 Å². The highest BCUT2D eigenvalue weighted by atomic mass is 16.3. The number of hydrogen-bond acceptors (Lipinski definition) is 3. The van der Waals surface area contributed by atoms with Gasteiger partial charge in [0.05, 0.1) is 0 Å². The Kier molecular flexibility index (Phi) is 3.65. The molecule has 2 aromatic carbocycles. The van der Waals surface area contributed by atoms with Crippen LogP contribution < -0.4 is 0 Å². The van der Waals surface area contributed by atoms with Crippen LogP contribution in [0.4, 0.5) is 0 Å². The van der Waals surface area contributed by atoms with Gasteiger partial charge in [-0.1, -0.05) is 32.0 Å². The molecule has 0 heterocycles. The Bertz CT molecular complexity index is 581. The van der Waals surface area contributed by atoms with Crippen LogP contribution in [0.25, 0.3) is 11.1 Å². The molecule has 0 amide bonds. The molecule has 0 aromatic heterocycles. The van der Waals surface area contributed by atoms with Gasteiger partial charge in [-0.15, -0.1) is 0 Å². The lowest BCUT2D eigenvalue weighted by molar-refractivity contribution is 0.369. The fourth-order valence-corrected chi connectivity index (χ4v) is 2.13. The molecular weight excluding hydrogens is 240 g/mol. The minimum Gasteiger partial charge on any atom is -0.504 e. The molecule has 2 rings (SSSR count). The average molecular weight is 258 g/mol. The SMILES string of the molecule is CCc1cc(CC)cc(-c2ccc(O)c(O)c2O)c1. The van der Waals surface area contributed by atoms with Gasteiger partial charge in [0, 0.05) is 5.56 Å². The van der Waals surface area contributed by atoms with Crippen LogP contribution >= 0.6 is 0 Å². The van der Waals surface area contributed by atoms with Gasteiger partial charge >= 0.3 is 0 Å². The second-order valence-corrected chi connectivity index (χ2v) is 4.57. The van der Waals surface area contributed by atoms with Crippen molar-refractivity contribution in [2.24, 2.45) is 0 Å². The quantitative estimate of drug-likeness (QED) is 0.737. The predicted octanol–water partition coefficient (Wildman–Crippen LogP) is 3.60. The van der Waals surface area contributed by atoms with Crippen molar-refractivity contribution in [3.05, 3.63) is 41.5 Å². The molecule has 0 saturated heterocycles. The second-order valence-electron chi connectivity index (χ2n) is 4.57. The number of rotatable bonds is 3. The maximum atomic E-state index is 9.95. The molecule has 0 aliphatic heterocycles. The summed E-state index contributed by atoms with van der Waals surface area (Å²) in [4.78, 5) is 0. The first-order valence-corrected chi connectivity index (χ1v) is 6.43. The normalized spacial score (nSPS) is 10.6. The maximum Gasteiger partial charge on any atom is 0.200 e. The average Bonchev–Trinajstić information content (AvgIpc) is 2.44. The Morgan fingerprint density at radius 1 is 0.789 bits per heavy atom. The standard InChI is InChI=1S/C16H18O3/c1-3-10-7-11(4-2)9-12(8-10)13-5-6-14(17)16(19)15(13)18/h5-9,17-19H,3-4H2,1-2H3. The van der Waals surface area contributed by atoms with Gasteiger partial charge in [-0.05, 0) is 41.7 Å². The van der Waals surface area contributed by atoms with E-state index in [-0.39, 0.29) is 11.5 Å². The van der Waals surface area contributed by atoms with Crippen molar-refractivity contribution in [2.45, 2.75) is 26.7 Å². The smallest absolute Gasteiger partial charge is 0.200 e. The third-order valence-electron chi connectivity index (χ3n) is 3.31. The second kappa shape index (κ2) is 5.22. The first-order chi connectivity index (χ1) is 9.06. The van der Waals surface area contributed by atoms with E-state index in [1.165, 1.54) is 17.2 Å². The number of phenols is 3. The Balaban J connectivity index is 2.61. The molecule has 19 heavy (non-hydrogen) atoms.